The van der Waals surface area contributed by atoms with E-state index in [1.165, 1.54) is 10.6 Å². The predicted molar refractivity (Wildman–Crippen MR) is 94.3 cm³/mol. The molecule has 0 fully saturated rings. The average Bonchev–Trinajstić information content (AvgIpc) is 3.14. The molecule has 1 atom stereocenters. The van der Waals surface area contributed by atoms with Crippen LogP contribution in [0.3, 0.4) is 0 Å². The molecule has 0 N–H and O–H groups in total. The minimum Gasteiger partial charge on any atom is -0.452 e. The lowest BCUT2D eigenvalue weighted by atomic mass is 10.1. The van der Waals surface area contributed by atoms with E-state index in [0.717, 1.165) is 12.0 Å². The van der Waals surface area contributed by atoms with Gasteiger partial charge in [0.05, 0.1) is 17.5 Å². The Labute approximate surface area is 152 Å². The van der Waals surface area contributed by atoms with Crippen molar-refractivity contribution in [2.45, 2.75) is 45.8 Å². The van der Waals surface area contributed by atoms with Crippen molar-refractivity contribution in [1.29, 1.82) is 0 Å². The summed E-state index contributed by atoms with van der Waals surface area (Å²) in [5.74, 6) is 0.319. The van der Waals surface area contributed by atoms with Gasteiger partial charge in [0.15, 0.2) is 12.4 Å². The van der Waals surface area contributed by atoms with E-state index in [1.807, 2.05) is 13.8 Å². The number of sulfonamides is 1. The lowest BCUT2D eigenvalue weighted by molar-refractivity contribution is 0.0429. The smallest absolute Gasteiger partial charge is 0.338 e. The Morgan fingerprint density at radius 2 is 2.19 bits per heavy atom. The van der Waals surface area contributed by atoms with Gasteiger partial charge in [-0.25, -0.2) is 13.2 Å². The zero-order chi connectivity index (χ0) is 18.9. The molecule has 0 amide bonds. The Hall–Kier alpha value is -2.42. The summed E-state index contributed by atoms with van der Waals surface area (Å²) in [5, 5.41) is 3.80. The SMILES string of the molecule is CCCc1noc(COC(=O)c2ccc3c(c2)CC(C)N3S(C)(=O)=O)n1. The standard InChI is InChI=1S/C17H21N3O5S/c1-4-5-15-18-16(25-19-15)10-24-17(21)12-6-7-14-13(9-12)8-11(2)20(14)26(3,22)23/h6-7,9,11H,4-5,8,10H2,1-3H3. The van der Waals surface area contributed by atoms with Crippen molar-refractivity contribution in [1.82, 2.24) is 10.1 Å². The second kappa shape index (κ2) is 7.06. The van der Waals surface area contributed by atoms with Crippen LogP contribution in [0.4, 0.5) is 5.69 Å². The van der Waals surface area contributed by atoms with Gasteiger partial charge in [-0.05, 0) is 43.5 Å². The number of aryl methyl sites for hydroxylation is 1. The van der Waals surface area contributed by atoms with E-state index in [1.54, 1.807) is 18.2 Å². The van der Waals surface area contributed by atoms with Crippen molar-refractivity contribution in [2.24, 2.45) is 0 Å². The van der Waals surface area contributed by atoms with E-state index in [-0.39, 0.29) is 18.5 Å². The summed E-state index contributed by atoms with van der Waals surface area (Å²) in [7, 11) is -3.36. The number of fused-ring (bicyclic) bond motifs is 1. The Kier molecular flexibility index (Phi) is 4.99. The summed E-state index contributed by atoms with van der Waals surface area (Å²) in [4.78, 5) is 16.4. The molecule has 3 rings (SSSR count). The number of aromatic nitrogens is 2. The molecule has 140 valence electrons. The van der Waals surface area contributed by atoms with Crippen LogP contribution in [0.5, 0.6) is 0 Å². The van der Waals surface area contributed by atoms with Gasteiger partial charge in [0, 0.05) is 12.5 Å². The first kappa shape index (κ1) is 18.4. The molecule has 0 bridgehead atoms. The lowest BCUT2D eigenvalue weighted by Crippen LogP contribution is -2.34. The Morgan fingerprint density at radius 3 is 2.88 bits per heavy atom. The molecule has 26 heavy (non-hydrogen) atoms. The number of rotatable bonds is 6. The number of carbonyl (C=O) groups excluding carboxylic acids is 1. The zero-order valence-corrected chi connectivity index (χ0v) is 15.7. The third kappa shape index (κ3) is 3.72. The molecular formula is C17H21N3O5S. The Bertz CT molecular complexity index is 922. The molecule has 0 radical (unpaired) electrons. The maximum atomic E-state index is 12.3. The second-order valence-electron chi connectivity index (χ2n) is 6.39. The Balaban J connectivity index is 1.70. The first-order chi connectivity index (χ1) is 12.3. The van der Waals surface area contributed by atoms with Gasteiger partial charge >= 0.3 is 5.97 Å². The quantitative estimate of drug-likeness (QED) is 0.708. The number of benzene rings is 1. The van der Waals surface area contributed by atoms with Crippen molar-refractivity contribution in [3.05, 3.63) is 41.0 Å². The topological polar surface area (TPSA) is 103 Å². The van der Waals surface area contributed by atoms with Crippen LogP contribution in [-0.4, -0.2) is 36.8 Å². The van der Waals surface area contributed by atoms with Gasteiger partial charge in [-0.2, -0.15) is 4.98 Å². The van der Waals surface area contributed by atoms with E-state index in [4.69, 9.17) is 9.26 Å². The van der Waals surface area contributed by atoms with Gasteiger partial charge in [0.25, 0.3) is 5.89 Å². The predicted octanol–water partition coefficient (Wildman–Crippen LogP) is 2.09. The Morgan fingerprint density at radius 1 is 1.42 bits per heavy atom. The molecule has 1 unspecified atom stereocenters. The number of esters is 1. The number of ether oxygens (including phenoxy) is 1. The third-order valence-electron chi connectivity index (χ3n) is 4.14. The number of carbonyl (C=O) groups is 1. The highest BCUT2D eigenvalue weighted by atomic mass is 32.2. The fourth-order valence-electron chi connectivity index (χ4n) is 3.12. The van der Waals surface area contributed by atoms with Crippen molar-refractivity contribution in [2.75, 3.05) is 10.6 Å². The van der Waals surface area contributed by atoms with Crippen molar-refractivity contribution in [3.63, 3.8) is 0 Å². The summed E-state index contributed by atoms with van der Waals surface area (Å²) in [6.45, 7) is 3.75. The van der Waals surface area contributed by atoms with E-state index >= 15 is 0 Å². The largest absolute Gasteiger partial charge is 0.452 e. The maximum absolute atomic E-state index is 12.3. The van der Waals surface area contributed by atoms with Gasteiger partial charge in [0.1, 0.15) is 0 Å². The molecule has 0 spiro atoms. The average molecular weight is 379 g/mol. The summed E-state index contributed by atoms with van der Waals surface area (Å²) in [6, 6.07) is 4.70. The van der Waals surface area contributed by atoms with Gasteiger partial charge in [-0.3, -0.25) is 4.31 Å². The highest BCUT2D eigenvalue weighted by molar-refractivity contribution is 7.92. The van der Waals surface area contributed by atoms with Crippen LogP contribution in [0, 0.1) is 0 Å². The van der Waals surface area contributed by atoms with Crippen LogP contribution in [0.1, 0.15) is 47.9 Å². The highest BCUT2D eigenvalue weighted by Gasteiger charge is 2.32. The maximum Gasteiger partial charge on any atom is 0.338 e. The third-order valence-corrected chi connectivity index (χ3v) is 5.41. The van der Waals surface area contributed by atoms with Crippen LogP contribution >= 0.6 is 0 Å². The minimum absolute atomic E-state index is 0.0987. The zero-order valence-electron chi connectivity index (χ0n) is 14.9. The van der Waals surface area contributed by atoms with Crippen LogP contribution in [0.15, 0.2) is 22.7 Å². The number of nitrogens with zero attached hydrogens (tertiary/aromatic N) is 3. The van der Waals surface area contributed by atoms with Crippen molar-refractivity contribution >= 4 is 21.7 Å². The number of anilines is 1. The van der Waals surface area contributed by atoms with E-state index < -0.39 is 16.0 Å². The van der Waals surface area contributed by atoms with Crippen LogP contribution in [0.2, 0.25) is 0 Å². The first-order valence-electron chi connectivity index (χ1n) is 8.40. The monoisotopic (exact) mass is 379 g/mol. The lowest BCUT2D eigenvalue weighted by Gasteiger charge is -2.21. The highest BCUT2D eigenvalue weighted by Crippen LogP contribution is 2.34. The summed E-state index contributed by atoms with van der Waals surface area (Å²) < 4.78 is 35.5. The summed E-state index contributed by atoms with van der Waals surface area (Å²) in [6.07, 6.45) is 3.33. The van der Waals surface area contributed by atoms with Crippen molar-refractivity contribution in [3.8, 4) is 0 Å². The van der Waals surface area contributed by atoms with Gasteiger partial charge < -0.3 is 9.26 Å². The molecule has 1 aromatic heterocycles. The molecule has 2 aromatic rings. The van der Waals surface area contributed by atoms with E-state index in [9.17, 15) is 13.2 Å². The van der Waals surface area contributed by atoms with Crippen LogP contribution in [0.25, 0.3) is 0 Å². The number of hydrogen-bond acceptors (Lipinski definition) is 7. The summed E-state index contributed by atoms with van der Waals surface area (Å²) in [5.41, 5.74) is 1.78. The van der Waals surface area contributed by atoms with Gasteiger partial charge in [-0.15, -0.1) is 0 Å². The van der Waals surface area contributed by atoms with Crippen LogP contribution in [-0.2, 0) is 34.2 Å². The molecule has 1 aliphatic rings. The van der Waals surface area contributed by atoms with Gasteiger partial charge in [0.2, 0.25) is 10.0 Å². The first-order valence-corrected chi connectivity index (χ1v) is 10.3. The molecule has 0 aliphatic carbocycles. The fraction of sp³-hybridized carbons (Fsp3) is 0.471. The molecular weight excluding hydrogens is 358 g/mol. The fourth-order valence-corrected chi connectivity index (χ4v) is 4.38. The van der Waals surface area contributed by atoms with Gasteiger partial charge in [-0.1, -0.05) is 12.1 Å². The molecule has 9 heteroatoms. The van der Waals surface area contributed by atoms with Crippen LogP contribution < -0.4 is 4.31 Å². The van der Waals surface area contributed by atoms with E-state index in [0.29, 0.717) is 29.9 Å². The molecule has 2 heterocycles. The minimum atomic E-state index is -3.36. The molecule has 8 nitrogen and oxygen atoms in total. The van der Waals surface area contributed by atoms with Crippen molar-refractivity contribution < 1.29 is 22.5 Å². The molecule has 0 saturated heterocycles. The molecule has 1 aromatic carbocycles. The van der Waals surface area contributed by atoms with E-state index in [2.05, 4.69) is 10.1 Å². The molecule has 1 aliphatic heterocycles. The second-order valence-corrected chi connectivity index (χ2v) is 8.25. The molecule has 0 saturated carbocycles. The summed E-state index contributed by atoms with van der Waals surface area (Å²) >= 11 is 0. The number of hydrogen-bond donors (Lipinski definition) is 0. The normalized spacial score (nSPS) is 16.6.